The molecule has 5 heteroatoms. The second kappa shape index (κ2) is 4.31. The minimum atomic E-state index is 0.861. The Balaban J connectivity index is 1.88. The molecule has 0 radical (unpaired) electrons. The molecular formula is C9H12BrN3S. The molecule has 0 spiro atoms. The molecule has 76 valence electrons. The molecule has 1 aliphatic rings. The summed E-state index contributed by atoms with van der Waals surface area (Å²) in [7, 11) is 2.06. The Kier molecular flexibility index (Phi) is 3.08. The zero-order valence-corrected chi connectivity index (χ0v) is 10.4. The van der Waals surface area contributed by atoms with Gasteiger partial charge in [0, 0.05) is 28.3 Å². The van der Waals surface area contributed by atoms with Crippen LogP contribution in [0.1, 0.15) is 4.88 Å². The Morgan fingerprint density at radius 3 is 3.14 bits per heavy atom. The summed E-state index contributed by atoms with van der Waals surface area (Å²) in [5.74, 6) is 1.01. The van der Waals surface area contributed by atoms with Crippen molar-refractivity contribution in [3.63, 3.8) is 0 Å². The normalized spacial score (nSPS) is 15.9. The van der Waals surface area contributed by atoms with Crippen LogP contribution < -0.4 is 5.32 Å². The van der Waals surface area contributed by atoms with Gasteiger partial charge >= 0.3 is 0 Å². The molecule has 0 aromatic carbocycles. The number of aliphatic imine (C=N–C) groups is 1. The molecule has 1 N–H and O–H groups in total. The number of nitrogens with one attached hydrogen (secondary N) is 1. The lowest BCUT2D eigenvalue weighted by Crippen LogP contribution is -2.34. The van der Waals surface area contributed by atoms with Crippen molar-refractivity contribution in [2.45, 2.75) is 6.54 Å². The first-order chi connectivity index (χ1) is 6.75. The molecule has 1 aromatic rings. The average molecular weight is 274 g/mol. The van der Waals surface area contributed by atoms with Crippen molar-refractivity contribution in [2.24, 2.45) is 4.99 Å². The van der Waals surface area contributed by atoms with E-state index in [-0.39, 0.29) is 0 Å². The first-order valence-electron chi connectivity index (χ1n) is 4.48. The highest BCUT2D eigenvalue weighted by Gasteiger charge is 2.11. The highest BCUT2D eigenvalue weighted by Crippen LogP contribution is 2.19. The van der Waals surface area contributed by atoms with Gasteiger partial charge in [-0.25, -0.2) is 0 Å². The van der Waals surface area contributed by atoms with Gasteiger partial charge in [-0.05, 0) is 22.0 Å². The first-order valence-corrected chi connectivity index (χ1v) is 6.15. The molecule has 14 heavy (non-hydrogen) atoms. The first kappa shape index (κ1) is 9.98. The third-order valence-corrected chi connectivity index (χ3v) is 3.80. The molecule has 0 bridgehead atoms. The van der Waals surface area contributed by atoms with Gasteiger partial charge in [-0.2, -0.15) is 0 Å². The lowest BCUT2D eigenvalue weighted by atomic mass is 10.5. The molecule has 3 nitrogen and oxygen atoms in total. The Morgan fingerprint density at radius 2 is 2.57 bits per heavy atom. The fourth-order valence-electron chi connectivity index (χ4n) is 1.34. The highest BCUT2D eigenvalue weighted by atomic mass is 79.9. The van der Waals surface area contributed by atoms with Gasteiger partial charge in [0.15, 0.2) is 5.96 Å². The zero-order chi connectivity index (χ0) is 9.97. The van der Waals surface area contributed by atoms with Crippen molar-refractivity contribution in [2.75, 3.05) is 20.1 Å². The van der Waals surface area contributed by atoms with Crippen LogP contribution in [0.15, 0.2) is 20.9 Å². The monoisotopic (exact) mass is 273 g/mol. The summed E-state index contributed by atoms with van der Waals surface area (Å²) in [5, 5.41) is 5.42. The van der Waals surface area contributed by atoms with Crippen molar-refractivity contribution in [1.82, 2.24) is 10.2 Å². The van der Waals surface area contributed by atoms with E-state index in [0.717, 1.165) is 30.1 Å². The number of likely N-dealkylation sites (N-methyl/N-ethyl adjacent to an activating group) is 1. The Hall–Kier alpha value is -0.550. The third kappa shape index (κ3) is 2.27. The van der Waals surface area contributed by atoms with Gasteiger partial charge in [0.05, 0.1) is 13.1 Å². The topological polar surface area (TPSA) is 27.6 Å². The number of hydrogen-bond donors (Lipinski definition) is 1. The van der Waals surface area contributed by atoms with Crippen molar-refractivity contribution >= 4 is 33.2 Å². The van der Waals surface area contributed by atoms with Gasteiger partial charge in [0.1, 0.15) is 0 Å². The Morgan fingerprint density at radius 1 is 1.71 bits per heavy atom. The lowest BCUT2D eigenvalue weighted by Gasteiger charge is -2.14. The van der Waals surface area contributed by atoms with E-state index in [2.05, 4.69) is 49.6 Å². The Labute approximate surface area is 96.0 Å². The number of thiophene rings is 1. The van der Waals surface area contributed by atoms with E-state index in [0.29, 0.717) is 0 Å². The SMILES string of the molecule is CN1CCN=C1NCc1cc(Br)cs1. The van der Waals surface area contributed by atoms with Crippen LogP contribution in [0.2, 0.25) is 0 Å². The van der Waals surface area contributed by atoms with Crippen LogP contribution in [0.4, 0.5) is 0 Å². The standard InChI is InChI=1S/C9H12BrN3S/c1-13-3-2-11-9(13)12-5-8-4-7(10)6-14-8/h4,6H,2-3,5H2,1H3,(H,11,12). The third-order valence-electron chi connectivity index (χ3n) is 2.10. The van der Waals surface area contributed by atoms with E-state index in [9.17, 15) is 0 Å². The summed E-state index contributed by atoms with van der Waals surface area (Å²) in [6, 6.07) is 2.13. The van der Waals surface area contributed by atoms with Crippen LogP contribution in [0.5, 0.6) is 0 Å². The van der Waals surface area contributed by atoms with E-state index in [1.807, 2.05) is 0 Å². The van der Waals surface area contributed by atoms with Crippen LogP contribution >= 0.6 is 27.3 Å². The Bertz CT molecular complexity index is 348. The van der Waals surface area contributed by atoms with Crippen molar-refractivity contribution in [1.29, 1.82) is 0 Å². The molecule has 0 fully saturated rings. The fourth-order valence-corrected chi connectivity index (χ4v) is 2.73. The van der Waals surface area contributed by atoms with Crippen molar-refractivity contribution in [3.05, 3.63) is 20.8 Å². The van der Waals surface area contributed by atoms with E-state index >= 15 is 0 Å². The summed E-state index contributed by atoms with van der Waals surface area (Å²) >= 11 is 5.19. The van der Waals surface area contributed by atoms with Gasteiger partial charge in [-0.3, -0.25) is 4.99 Å². The number of hydrogen-bond acceptors (Lipinski definition) is 4. The summed E-state index contributed by atoms with van der Waals surface area (Å²) in [5.41, 5.74) is 0. The van der Waals surface area contributed by atoms with E-state index in [1.165, 1.54) is 4.88 Å². The second-order valence-corrected chi connectivity index (χ2v) is 5.12. The van der Waals surface area contributed by atoms with E-state index in [1.54, 1.807) is 11.3 Å². The number of rotatable bonds is 2. The second-order valence-electron chi connectivity index (χ2n) is 3.21. The van der Waals surface area contributed by atoms with Crippen LogP contribution in [-0.4, -0.2) is 31.0 Å². The molecule has 0 saturated carbocycles. The average Bonchev–Trinajstić information content (AvgIpc) is 2.72. The molecule has 1 aliphatic heterocycles. The van der Waals surface area contributed by atoms with Crippen LogP contribution in [0, 0.1) is 0 Å². The summed E-state index contributed by atoms with van der Waals surface area (Å²) in [6.07, 6.45) is 0. The van der Waals surface area contributed by atoms with Crippen molar-refractivity contribution in [3.8, 4) is 0 Å². The maximum atomic E-state index is 4.36. The van der Waals surface area contributed by atoms with Gasteiger partial charge in [0.2, 0.25) is 0 Å². The largest absolute Gasteiger partial charge is 0.351 e. The molecule has 2 heterocycles. The predicted octanol–water partition coefficient (Wildman–Crippen LogP) is 1.90. The molecule has 1 aromatic heterocycles. The molecular weight excluding hydrogens is 262 g/mol. The molecule has 0 aliphatic carbocycles. The highest BCUT2D eigenvalue weighted by molar-refractivity contribution is 9.10. The maximum absolute atomic E-state index is 4.36. The van der Waals surface area contributed by atoms with Crippen LogP contribution in [0.3, 0.4) is 0 Å². The van der Waals surface area contributed by atoms with Gasteiger partial charge in [-0.1, -0.05) is 0 Å². The quantitative estimate of drug-likeness (QED) is 0.892. The van der Waals surface area contributed by atoms with E-state index < -0.39 is 0 Å². The summed E-state index contributed by atoms with van der Waals surface area (Å²) in [4.78, 5) is 7.82. The van der Waals surface area contributed by atoms with Gasteiger partial charge in [0.25, 0.3) is 0 Å². The van der Waals surface area contributed by atoms with Gasteiger partial charge < -0.3 is 10.2 Å². The predicted molar refractivity (Wildman–Crippen MR) is 63.8 cm³/mol. The smallest absolute Gasteiger partial charge is 0.194 e. The van der Waals surface area contributed by atoms with Crippen LogP contribution in [-0.2, 0) is 6.54 Å². The molecule has 0 amide bonds. The molecule has 0 saturated heterocycles. The van der Waals surface area contributed by atoms with E-state index in [4.69, 9.17) is 0 Å². The molecule has 0 atom stereocenters. The fraction of sp³-hybridized carbons (Fsp3) is 0.444. The maximum Gasteiger partial charge on any atom is 0.194 e. The number of halogens is 1. The molecule has 2 rings (SSSR count). The minimum Gasteiger partial charge on any atom is -0.351 e. The minimum absolute atomic E-state index is 0.861. The zero-order valence-electron chi connectivity index (χ0n) is 7.96. The lowest BCUT2D eigenvalue weighted by molar-refractivity contribution is 0.534. The summed E-state index contributed by atoms with van der Waals surface area (Å²) in [6.45, 7) is 2.79. The summed E-state index contributed by atoms with van der Waals surface area (Å²) < 4.78 is 1.15. The molecule has 0 unspecified atom stereocenters. The van der Waals surface area contributed by atoms with Crippen LogP contribution in [0.25, 0.3) is 0 Å². The number of nitrogens with zero attached hydrogens (tertiary/aromatic N) is 2. The number of guanidine groups is 1. The van der Waals surface area contributed by atoms with Crippen molar-refractivity contribution < 1.29 is 0 Å². The van der Waals surface area contributed by atoms with Gasteiger partial charge in [-0.15, -0.1) is 11.3 Å².